The van der Waals surface area contributed by atoms with E-state index in [2.05, 4.69) is 28.1 Å². The summed E-state index contributed by atoms with van der Waals surface area (Å²) in [6.07, 6.45) is 2.86. The van der Waals surface area contributed by atoms with Crippen LogP contribution in [0, 0.1) is 5.92 Å². The van der Waals surface area contributed by atoms with E-state index in [9.17, 15) is 9.59 Å². The zero-order valence-electron chi connectivity index (χ0n) is 19.0. The fraction of sp³-hybridized carbons (Fsp3) is 0.500. The third-order valence-electron chi connectivity index (χ3n) is 6.32. The first-order valence-corrected chi connectivity index (χ1v) is 11.9. The number of esters is 1. The maximum absolute atomic E-state index is 12.8. The number of ether oxygens (including phenoxy) is 2. The second-order valence-corrected chi connectivity index (χ2v) is 9.64. The summed E-state index contributed by atoms with van der Waals surface area (Å²) in [5.74, 6) is 1.00. The number of nitrogens with one attached hydrogen (secondary N) is 1. The molecule has 32 heavy (non-hydrogen) atoms. The Balaban J connectivity index is 1.38. The van der Waals surface area contributed by atoms with Gasteiger partial charge in [0.05, 0.1) is 32.0 Å². The Morgan fingerprint density at radius 3 is 2.62 bits per heavy atom. The van der Waals surface area contributed by atoms with Gasteiger partial charge in [-0.1, -0.05) is 19.1 Å². The molecule has 1 aromatic carbocycles. The SMILES string of the molecule is COC(=O)c1c(NC(=O)CN2CCN(c3ccccc3OC)CC2)sc2c1CC[C@H](C)C2. The van der Waals surface area contributed by atoms with Crippen LogP contribution in [0.1, 0.15) is 34.1 Å². The van der Waals surface area contributed by atoms with E-state index in [1.165, 1.54) is 23.3 Å². The van der Waals surface area contributed by atoms with Gasteiger partial charge in [-0.05, 0) is 42.9 Å². The Hall–Kier alpha value is -2.58. The molecule has 1 aliphatic carbocycles. The van der Waals surface area contributed by atoms with Crippen LogP contribution in [0.15, 0.2) is 24.3 Å². The smallest absolute Gasteiger partial charge is 0.341 e. The maximum Gasteiger partial charge on any atom is 0.341 e. The number of piperazine rings is 1. The van der Waals surface area contributed by atoms with Gasteiger partial charge in [-0.15, -0.1) is 11.3 Å². The van der Waals surface area contributed by atoms with Crippen LogP contribution in [0.25, 0.3) is 0 Å². The van der Waals surface area contributed by atoms with E-state index in [0.29, 0.717) is 23.0 Å². The number of hydrogen-bond donors (Lipinski definition) is 1. The third kappa shape index (κ3) is 4.76. The van der Waals surface area contributed by atoms with Gasteiger partial charge in [0.15, 0.2) is 0 Å². The highest BCUT2D eigenvalue weighted by Crippen LogP contribution is 2.40. The van der Waals surface area contributed by atoms with Gasteiger partial charge < -0.3 is 19.7 Å². The molecule has 2 aliphatic rings. The van der Waals surface area contributed by atoms with Crippen LogP contribution in [-0.4, -0.2) is 63.7 Å². The number of para-hydroxylation sites is 2. The molecule has 1 aromatic heterocycles. The van der Waals surface area contributed by atoms with Crippen molar-refractivity contribution in [2.45, 2.75) is 26.2 Å². The van der Waals surface area contributed by atoms with Crippen molar-refractivity contribution >= 4 is 33.9 Å². The van der Waals surface area contributed by atoms with Gasteiger partial charge >= 0.3 is 5.97 Å². The van der Waals surface area contributed by atoms with Crippen molar-refractivity contribution < 1.29 is 19.1 Å². The highest BCUT2D eigenvalue weighted by Gasteiger charge is 2.29. The molecule has 2 heterocycles. The minimum absolute atomic E-state index is 0.0902. The van der Waals surface area contributed by atoms with Gasteiger partial charge in [-0.2, -0.15) is 0 Å². The average Bonchev–Trinajstić information content (AvgIpc) is 3.15. The van der Waals surface area contributed by atoms with Gasteiger partial charge in [-0.3, -0.25) is 9.69 Å². The number of methoxy groups -OCH3 is 2. The van der Waals surface area contributed by atoms with E-state index in [-0.39, 0.29) is 11.9 Å². The van der Waals surface area contributed by atoms with Gasteiger partial charge in [0.2, 0.25) is 5.91 Å². The van der Waals surface area contributed by atoms with Crippen LogP contribution in [0.4, 0.5) is 10.7 Å². The summed E-state index contributed by atoms with van der Waals surface area (Å²) < 4.78 is 10.5. The molecule has 172 valence electrons. The Morgan fingerprint density at radius 2 is 1.91 bits per heavy atom. The Morgan fingerprint density at radius 1 is 1.16 bits per heavy atom. The highest BCUT2D eigenvalue weighted by molar-refractivity contribution is 7.17. The highest BCUT2D eigenvalue weighted by atomic mass is 32.1. The minimum atomic E-state index is -0.363. The predicted molar refractivity (Wildman–Crippen MR) is 127 cm³/mol. The lowest BCUT2D eigenvalue weighted by Crippen LogP contribution is -2.48. The molecule has 0 spiro atoms. The van der Waals surface area contributed by atoms with Crippen LogP contribution < -0.4 is 15.0 Å². The lowest BCUT2D eigenvalue weighted by molar-refractivity contribution is -0.117. The van der Waals surface area contributed by atoms with E-state index in [4.69, 9.17) is 9.47 Å². The van der Waals surface area contributed by atoms with E-state index in [1.54, 1.807) is 7.11 Å². The monoisotopic (exact) mass is 457 g/mol. The number of benzene rings is 1. The second-order valence-electron chi connectivity index (χ2n) is 8.53. The molecule has 1 fully saturated rings. The maximum atomic E-state index is 12.8. The first-order valence-electron chi connectivity index (χ1n) is 11.1. The lowest BCUT2D eigenvalue weighted by atomic mass is 9.88. The molecule has 1 saturated heterocycles. The molecule has 8 heteroatoms. The number of nitrogens with zero attached hydrogens (tertiary/aromatic N) is 2. The van der Waals surface area contributed by atoms with E-state index < -0.39 is 0 Å². The van der Waals surface area contributed by atoms with E-state index in [0.717, 1.165) is 62.4 Å². The van der Waals surface area contributed by atoms with Gasteiger partial charge in [0.1, 0.15) is 10.8 Å². The molecule has 2 aromatic rings. The zero-order chi connectivity index (χ0) is 22.7. The molecular formula is C24H31N3O4S. The largest absolute Gasteiger partial charge is 0.495 e. The van der Waals surface area contributed by atoms with Crippen molar-refractivity contribution in [1.29, 1.82) is 0 Å². The quantitative estimate of drug-likeness (QED) is 0.671. The number of carbonyl (C=O) groups is 2. The number of rotatable bonds is 6. The fourth-order valence-corrected chi connectivity index (χ4v) is 5.98. The van der Waals surface area contributed by atoms with Crippen LogP contribution in [0.3, 0.4) is 0 Å². The Kier molecular flexibility index (Phi) is 7.01. The molecule has 1 aliphatic heterocycles. The summed E-state index contributed by atoms with van der Waals surface area (Å²) in [6.45, 7) is 5.75. The fourth-order valence-electron chi connectivity index (χ4n) is 4.56. The van der Waals surface area contributed by atoms with Gasteiger partial charge in [-0.25, -0.2) is 4.79 Å². The third-order valence-corrected chi connectivity index (χ3v) is 7.49. The standard InChI is InChI=1S/C24H31N3O4S/c1-16-8-9-17-20(14-16)32-23(22(17)24(29)31-3)25-21(28)15-26-10-12-27(13-11-26)18-6-4-5-7-19(18)30-2/h4-7,16H,8-15H2,1-3H3,(H,25,28)/t16-/m0/s1. The number of fused-ring (bicyclic) bond motifs is 1. The molecule has 4 rings (SSSR count). The molecule has 1 N–H and O–H groups in total. The van der Waals surface area contributed by atoms with Crippen molar-refractivity contribution in [3.8, 4) is 5.75 Å². The van der Waals surface area contributed by atoms with Gasteiger partial charge in [0, 0.05) is 31.1 Å². The predicted octanol–water partition coefficient (Wildman–Crippen LogP) is 3.43. The van der Waals surface area contributed by atoms with Crippen LogP contribution in [0.5, 0.6) is 5.75 Å². The first-order chi connectivity index (χ1) is 15.5. The summed E-state index contributed by atoms with van der Waals surface area (Å²) in [4.78, 5) is 30.9. The Bertz CT molecular complexity index is 982. The van der Waals surface area contributed by atoms with Gasteiger partial charge in [0.25, 0.3) is 0 Å². The number of thiophene rings is 1. The van der Waals surface area contributed by atoms with Crippen molar-refractivity contribution in [1.82, 2.24) is 4.90 Å². The summed E-state index contributed by atoms with van der Waals surface area (Å²) >= 11 is 1.53. The molecule has 0 bridgehead atoms. The molecular weight excluding hydrogens is 426 g/mol. The summed E-state index contributed by atoms with van der Waals surface area (Å²) in [6, 6.07) is 8.01. The van der Waals surface area contributed by atoms with Crippen LogP contribution in [-0.2, 0) is 22.4 Å². The summed E-state index contributed by atoms with van der Waals surface area (Å²) in [5.41, 5.74) is 2.69. The number of carbonyl (C=O) groups excluding carboxylic acids is 2. The zero-order valence-corrected chi connectivity index (χ0v) is 19.8. The summed E-state index contributed by atoms with van der Waals surface area (Å²) in [7, 11) is 3.08. The number of hydrogen-bond acceptors (Lipinski definition) is 7. The van der Waals surface area contributed by atoms with Crippen molar-refractivity contribution in [3.63, 3.8) is 0 Å². The van der Waals surface area contributed by atoms with Crippen molar-refractivity contribution in [2.75, 3.05) is 57.2 Å². The van der Waals surface area contributed by atoms with Crippen LogP contribution in [0.2, 0.25) is 0 Å². The molecule has 1 amide bonds. The van der Waals surface area contributed by atoms with Crippen molar-refractivity contribution in [2.24, 2.45) is 5.92 Å². The molecule has 7 nitrogen and oxygen atoms in total. The molecule has 0 unspecified atom stereocenters. The average molecular weight is 458 g/mol. The number of amides is 1. The minimum Gasteiger partial charge on any atom is -0.495 e. The normalized spacial score (nSPS) is 18.7. The molecule has 0 saturated carbocycles. The Labute approximate surface area is 193 Å². The second kappa shape index (κ2) is 9.92. The molecule has 1 atom stereocenters. The number of anilines is 2. The molecule has 0 radical (unpaired) electrons. The van der Waals surface area contributed by atoms with E-state index >= 15 is 0 Å². The summed E-state index contributed by atoms with van der Waals surface area (Å²) in [5, 5.41) is 3.64. The topological polar surface area (TPSA) is 71.1 Å². The van der Waals surface area contributed by atoms with E-state index in [1.807, 2.05) is 18.2 Å². The van der Waals surface area contributed by atoms with Crippen molar-refractivity contribution in [3.05, 3.63) is 40.3 Å². The first kappa shape index (κ1) is 22.6. The lowest BCUT2D eigenvalue weighted by Gasteiger charge is -2.36. The van der Waals surface area contributed by atoms with Crippen LogP contribution >= 0.6 is 11.3 Å².